The summed E-state index contributed by atoms with van der Waals surface area (Å²) in [6, 6.07) is 0. The molecule has 2 N–H and O–H groups in total. The zero-order chi connectivity index (χ0) is 14.8. The van der Waals surface area contributed by atoms with E-state index in [1.807, 2.05) is 0 Å². The van der Waals surface area contributed by atoms with Crippen molar-refractivity contribution in [1.29, 1.82) is 0 Å². The first-order valence-electron chi connectivity index (χ1n) is 7.85. The third-order valence-corrected chi connectivity index (χ3v) is 4.11. The Morgan fingerprint density at radius 1 is 1.25 bits per heavy atom. The van der Waals surface area contributed by atoms with Crippen LogP contribution in [0.2, 0.25) is 0 Å². The first-order chi connectivity index (χ1) is 9.40. The minimum Gasteiger partial charge on any atom is -0.381 e. The predicted molar refractivity (Wildman–Crippen MR) is 80.2 cm³/mol. The zero-order valence-electron chi connectivity index (χ0n) is 13.0. The molecule has 0 aromatic rings. The average molecular weight is 280 g/mol. The van der Waals surface area contributed by atoms with Gasteiger partial charge < -0.3 is 15.3 Å². The van der Waals surface area contributed by atoms with Crippen LogP contribution in [0.1, 0.15) is 52.9 Å². The molecular weight excluding hydrogens is 252 g/mol. The maximum absolute atomic E-state index is 11.8. The van der Waals surface area contributed by atoms with Gasteiger partial charge in [-0.25, -0.2) is 0 Å². The van der Waals surface area contributed by atoms with Gasteiger partial charge in [0.05, 0.1) is 5.70 Å². The molecule has 0 saturated carbocycles. The van der Waals surface area contributed by atoms with E-state index in [1.165, 1.54) is 6.42 Å². The molecule has 1 atom stereocenters. The van der Waals surface area contributed by atoms with Crippen molar-refractivity contribution in [3.63, 3.8) is 0 Å². The number of aliphatic hydroxyl groups is 1. The highest BCUT2D eigenvalue weighted by Gasteiger charge is 2.41. The lowest BCUT2D eigenvalue weighted by Gasteiger charge is -2.39. The molecule has 0 amide bonds. The predicted octanol–water partition coefficient (Wildman–Crippen LogP) is 2.04. The van der Waals surface area contributed by atoms with E-state index < -0.39 is 6.10 Å². The zero-order valence-corrected chi connectivity index (χ0v) is 13.0. The van der Waals surface area contributed by atoms with Gasteiger partial charge in [-0.2, -0.15) is 0 Å². The Bertz CT molecular complexity index is 390. The molecule has 1 aliphatic heterocycles. The Kier molecular flexibility index (Phi) is 4.74. The lowest BCUT2D eigenvalue weighted by molar-refractivity contribution is -0.126. The summed E-state index contributed by atoms with van der Waals surface area (Å²) in [4.78, 5) is 14.0. The molecule has 20 heavy (non-hydrogen) atoms. The van der Waals surface area contributed by atoms with Crippen LogP contribution in [0.4, 0.5) is 0 Å². The number of piperidine rings is 1. The molecule has 1 fully saturated rings. The summed E-state index contributed by atoms with van der Waals surface area (Å²) in [5.74, 6) is -0.138. The number of hydrogen-bond acceptors (Lipinski definition) is 4. The second-order valence-corrected chi connectivity index (χ2v) is 7.17. The summed E-state index contributed by atoms with van der Waals surface area (Å²) in [5.41, 5.74) is 1.83. The number of likely N-dealkylation sites (tertiary alicyclic amines) is 1. The van der Waals surface area contributed by atoms with E-state index in [9.17, 15) is 9.90 Å². The van der Waals surface area contributed by atoms with E-state index in [0.717, 1.165) is 51.0 Å². The molecule has 4 nitrogen and oxygen atoms in total. The van der Waals surface area contributed by atoms with Crippen molar-refractivity contribution in [2.75, 3.05) is 19.6 Å². The Hall–Kier alpha value is -1.03. The molecule has 1 heterocycles. The first kappa shape index (κ1) is 15.4. The smallest absolute Gasteiger partial charge is 0.215 e. The largest absolute Gasteiger partial charge is 0.381 e. The highest BCUT2D eigenvalue weighted by atomic mass is 16.3. The van der Waals surface area contributed by atoms with Crippen LogP contribution in [-0.4, -0.2) is 41.5 Å². The third kappa shape index (κ3) is 3.54. The molecule has 1 saturated heterocycles. The molecule has 4 heteroatoms. The summed E-state index contributed by atoms with van der Waals surface area (Å²) >= 11 is 0. The second kappa shape index (κ2) is 6.17. The van der Waals surface area contributed by atoms with Crippen molar-refractivity contribution < 1.29 is 9.90 Å². The van der Waals surface area contributed by atoms with Gasteiger partial charge in [0.25, 0.3) is 0 Å². The molecule has 1 unspecified atom stereocenters. The molecule has 0 aromatic heterocycles. The highest BCUT2D eigenvalue weighted by molar-refractivity contribution is 6.07. The van der Waals surface area contributed by atoms with Crippen LogP contribution < -0.4 is 5.32 Å². The summed E-state index contributed by atoms with van der Waals surface area (Å²) in [6.45, 7) is 9.42. The van der Waals surface area contributed by atoms with E-state index >= 15 is 0 Å². The molecule has 0 radical (unpaired) electrons. The lowest BCUT2D eigenvalue weighted by Crippen LogP contribution is -2.50. The van der Waals surface area contributed by atoms with Gasteiger partial charge in [-0.15, -0.1) is 0 Å². The molecule has 114 valence electrons. The van der Waals surface area contributed by atoms with Crippen LogP contribution in [0, 0.1) is 5.41 Å². The minimum atomic E-state index is -0.891. The highest BCUT2D eigenvalue weighted by Crippen LogP contribution is 2.29. The second-order valence-electron chi connectivity index (χ2n) is 7.17. The van der Waals surface area contributed by atoms with Gasteiger partial charge in [-0.05, 0) is 37.5 Å². The van der Waals surface area contributed by atoms with Crippen molar-refractivity contribution >= 4 is 5.78 Å². The van der Waals surface area contributed by atoms with Crippen molar-refractivity contribution in [3.8, 4) is 0 Å². The fourth-order valence-corrected chi connectivity index (χ4v) is 2.92. The quantitative estimate of drug-likeness (QED) is 0.757. The topological polar surface area (TPSA) is 52.6 Å². The first-order valence-corrected chi connectivity index (χ1v) is 7.85. The number of rotatable bonds is 5. The molecule has 0 aromatic carbocycles. The van der Waals surface area contributed by atoms with Gasteiger partial charge in [0.15, 0.2) is 6.10 Å². The number of Topliss-reactive ketones (excluding diaryl/α,β-unsaturated/α-hetero) is 1. The van der Waals surface area contributed by atoms with Crippen LogP contribution in [0.3, 0.4) is 0 Å². The fraction of sp³-hybridized carbons (Fsp3) is 0.812. The van der Waals surface area contributed by atoms with Crippen LogP contribution >= 0.6 is 0 Å². The van der Waals surface area contributed by atoms with Crippen LogP contribution in [-0.2, 0) is 4.79 Å². The van der Waals surface area contributed by atoms with Crippen molar-refractivity contribution in [3.05, 3.63) is 11.4 Å². The summed E-state index contributed by atoms with van der Waals surface area (Å²) in [5, 5.41) is 13.1. The third-order valence-electron chi connectivity index (χ3n) is 4.11. The number of carbonyl (C=O) groups excluding carboxylic acids is 1. The maximum Gasteiger partial charge on any atom is 0.215 e. The van der Waals surface area contributed by atoms with Gasteiger partial charge in [-0.1, -0.05) is 20.8 Å². The number of ketones is 1. The normalized spacial score (nSPS) is 23.9. The number of aliphatic hydroxyl groups excluding tert-OH is 1. The van der Waals surface area contributed by atoms with Gasteiger partial charge in [-0.3, -0.25) is 4.79 Å². The standard InChI is InChI=1S/C16H28N2O2/c1-16(2,3)8-7-9-17-12-13(15(20)14(12)19)18-10-5-4-6-11-18/h15,17,20H,4-11H2,1-3H3. The fourth-order valence-electron chi connectivity index (χ4n) is 2.92. The summed E-state index contributed by atoms with van der Waals surface area (Å²) in [6.07, 6.45) is 4.84. The molecule has 2 aliphatic rings. The van der Waals surface area contributed by atoms with Gasteiger partial charge in [0.1, 0.15) is 5.70 Å². The van der Waals surface area contributed by atoms with Crippen molar-refractivity contribution in [2.24, 2.45) is 5.41 Å². The minimum absolute atomic E-state index is 0.138. The Morgan fingerprint density at radius 2 is 1.90 bits per heavy atom. The van der Waals surface area contributed by atoms with Crippen LogP contribution in [0.25, 0.3) is 0 Å². The Morgan fingerprint density at radius 3 is 2.50 bits per heavy atom. The molecule has 2 rings (SSSR count). The number of nitrogens with one attached hydrogen (secondary N) is 1. The van der Waals surface area contributed by atoms with E-state index in [-0.39, 0.29) is 5.78 Å². The SMILES string of the molecule is CC(C)(C)CCCNC1=C(N2CCCCC2)C(O)C1=O. The van der Waals surface area contributed by atoms with Crippen molar-refractivity contribution in [2.45, 2.75) is 59.0 Å². The number of carbonyl (C=O) groups is 1. The molecule has 1 aliphatic carbocycles. The van der Waals surface area contributed by atoms with E-state index in [0.29, 0.717) is 11.1 Å². The van der Waals surface area contributed by atoms with Crippen molar-refractivity contribution in [1.82, 2.24) is 10.2 Å². The van der Waals surface area contributed by atoms with Crippen LogP contribution in [0.15, 0.2) is 11.4 Å². The lowest BCUT2D eigenvalue weighted by atomic mass is 9.90. The number of nitrogens with zero attached hydrogens (tertiary/aromatic N) is 1. The van der Waals surface area contributed by atoms with Gasteiger partial charge >= 0.3 is 0 Å². The van der Waals surface area contributed by atoms with Gasteiger partial charge in [0, 0.05) is 19.6 Å². The summed E-state index contributed by atoms with van der Waals surface area (Å²) < 4.78 is 0. The molecular formula is C16H28N2O2. The number of hydrogen-bond donors (Lipinski definition) is 2. The molecule has 0 spiro atoms. The van der Waals surface area contributed by atoms with E-state index in [1.54, 1.807) is 0 Å². The molecule has 0 bridgehead atoms. The van der Waals surface area contributed by atoms with Crippen LogP contribution in [0.5, 0.6) is 0 Å². The maximum atomic E-state index is 11.8. The average Bonchev–Trinajstić information content (AvgIpc) is 2.41. The summed E-state index contributed by atoms with van der Waals surface area (Å²) in [7, 11) is 0. The van der Waals surface area contributed by atoms with E-state index in [2.05, 4.69) is 31.0 Å². The Balaban J connectivity index is 1.89. The Labute approximate surface area is 122 Å². The van der Waals surface area contributed by atoms with E-state index in [4.69, 9.17) is 0 Å². The van der Waals surface area contributed by atoms with Gasteiger partial charge in [0.2, 0.25) is 5.78 Å². The monoisotopic (exact) mass is 280 g/mol.